The second kappa shape index (κ2) is 5.65. The molecule has 0 aliphatic heterocycles. The molecule has 0 spiro atoms. The number of phenols is 1. The predicted molar refractivity (Wildman–Crippen MR) is 89.1 cm³/mol. The Labute approximate surface area is 140 Å². The third kappa shape index (κ3) is 2.86. The topological polar surface area (TPSA) is 71.2 Å². The van der Waals surface area contributed by atoms with Crippen LogP contribution in [0.3, 0.4) is 0 Å². The van der Waals surface area contributed by atoms with Crippen LogP contribution in [0.1, 0.15) is 32.3 Å². The van der Waals surface area contributed by atoms with Gasteiger partial charge in [0.05, 0.1) is 11.6 Å². The lowest BCUT2D eigenvalue weighted by Crippen LogP contribution is -2.45. The number of benzene rings is 1. The third-order valence-corrected chi connectivity index (χ3v) is 5.16. The second-order valence-electron chi connectivity index (χ2n) is 6.72. The first-order valence-electron chi connectivity index (χ1n) is 7.56. The van der Waals surface area contributed by atoms with Crippen molar-refractivity contribution in [1.29, 1.82) is 0 Å². The number of aromatic hydroxyl groups is 1. The van der Waals surface area contributed by atoms with E-state index >= 15 is 0 Å². The lowest BCUT2D eigenvalue weighted by atomic mass is 9.76. The fraction of sp³-hybridized carbons (Fsp3) is 0.412. The maximum atomic E-state index is 11.4. The Balaban J connectivity index is 1.99. The molecule has 1 heterocycles. The molecule has 1 aliphatic rings. The maximum Gasteiger partial charge on any atom is 0.137 e. The number of halogens is 1. The molecule has 1 aromatic carbocycles. The van der Waals surface area contributed by atoms with Crippen LogP contribution in [0.4, 0.5) is 0 Å². The van der Waals surface area contributed by atoms with E-state index in [1.807, 2.05) is 12.1 Å². The minimum atomic E-state index is -1.02. The van der Waals surface area contributed by atoms with Crippen LogP contribution < -0.4 is 0 Å². The molecule has 0 saturated heterocycles. The van der Waals surface area contributed by atoms with E-state index in [2.05, 4.69) is 23.9 Å². The van der Waals surface area contributed by atoms with Crippen LogP contribution in [0, 0.1) is 5.41 Å². The molecule has 3 rings (SSSR count). The highest BCUT2D eigenvalue weighted by Gasteiger charge is 2.51. The molecule has 1 aromatic heterocycles. The van der Waals surface area contributed by atoms with Crippen molar-refractivity contribution in [3.8, 4) is 5.75 Å². The van der Waals surface area contributed by atoms with Crippen molar-refractivity contribution in [2.45, 2.75) is 38.8 Å². The van der Waals surface area contributed by atoms with E-state index in [0.29, 0.717) is 11.6 Å². The summed E-state index contributed by atoms with van der Waals surface area (Å²) in [5, 5.41) is 25.6. The molecule has 0 bridgehead atoms. The third-order valence-electron chi connectivity index (χ3n) is 4.84. The Kier molecular flexibility index (Phi) is 3.94. The highest BCUT2D eigenvalue weighted by Crippen LogP contribution is 2.50. The van der Waals surface area contributed by atoms with Crippen LogP contribution >= 0.6 is 11.6 Å². The Bertz CT molecular complexity index is 740. The molecule has 0 radical (unpaired) electrons. The molecule has 1 saturated carbocycles. The van der Waals surface area contributed by atoms with Crippen molar-refractivity contribution >= 4 is 17.7 Å². The van der Waals surface area contributed by atoms with E-state index in [1.54, 1.807) is 23.1 Å². The van der Waals surface area contributed by atoms with Crippen LogP contribution in [0.25, 0.3) is 6.08 Å². The van der Waals surface area contributed by atoms with Gasteiger partial charge in [-0.3, -0.25) is 0 Å². The van der Waals surface area contributed by atoms with Gasteiger partial charge in [0.15, 0.2) is 0 Å². The highest BCUT2D eigenvalue weighted by molar-refractivity contribution is 6.32. The summed E-state index contributed by atoms with van der Waals surface area (Å²) in [6.45, 7) is 4.47. The second-order valence-corrected chi connectivity index (χ2v) is 7.12. The minimum absolute atomic E-state index is 0.0399. The summed E-state index contributed by atoms with van der Waals surface area (Å²) >= 11 is 5.85. The molecular formula is C17H20ClN3O2. The smallest absolute Gasteiger partial charge is 0.137 e. The molecule has 1 unspecified atom stereocenters. The largest absolute Gasteiger partial charge is 0.506 e. The summed E-state index contributed by atoms with van der Waals surface area (Å²) in [5.41, 5.74) is 0.450. The molecule has 2 aromatic rings. The zero-order valence-corrected chi connectivity index (χ0v) is 14.0. The van der Waals surface area contributed by atoms with Gasteiger partial charge < -0.3 is 10.2 Å². The Morgan fingerprint density at radius 1 is 1.39 bits per heavy atom. The van der Waals surface area contributed by atoms with Crippen molar-refractivity contribution in [3.05, 3.63) is 47.0 Å². The zero-order chi connectivity index (χ0) is 16.7. The van der Waals surface area contributed by atoms with E-state index in [0.717, 1.165) is 24.0 Å². The first-order valence-corrected chi connectivity index (χ1v) is 7.94. The predicted octanol–water partition coefficient (Wildman–Crippen LogP) is 3.27. The number of aliphatic hydroxyl groups is 1. The summed E-state index contributed by atoms with van der Waals surface area (Å²) in [6.07, 6.45) is 6.68. The Morgan fingerprint density at radius 3 is 2.83 bits per heavy atom. The van der Waals surface area contributed by atoms with Gasteiger partial charge in [-0.1, -0.05) is 37.6 Å². The fourth-order valence-corrected chi connectivity index (χ4v) is 3.29. The summed E-state index contributed by atoms with van der Waals surface area (Å²) in [4.78, 5) is 3.95. The van der Waals surface area contributed by atoms with E-state index in [4.69, 9.17) is 11.6 Å². The van der Waals surface area contributed by atoms with Crippen LogP contribution in [0.2, 0.25) is 5.02 Å². The van der Waals surface area contributed by atoms with Gasteiger partial charge in [0, 0.05) is 0 Å². The van der Waals surface area contributed by atoms with Crippen LogP contribution in [-0.4, -0.2) is 30.6 Å². The lowest BCUT2D eigenvalue weighted by Gasteiger charge is -2.37. The molecule has 2 N–H and O–H groups in total. The Hall–Kier alpha value is -1.85. The number of phenolic OH excluding ortho intramolecular Hbond substituents is 1. The lowest BCUT2D eigenvalue weighted by molar-refractivity contribution is -0.0298. The number of nitrogens with zero attached hydrogens (tertiary/aromatic N) is 3. The Morgan fingerprint density at radius 2 is 2.17 bits per heavy atom. The van der Waals surface area contributed by atoms with E-state index in [1.165, 1.54) is 6.33 Å². The van der Waals surface area contributed by atoms with Gasteiger partial charge in [0.1, 0.15) is 24.0 Å². The van der Waals surface area contributed by atoms with Gasteiger partial charge in [0.2, 0.25) is 0 Å². The van der Waals surface area contributed by atoms with Crippen LogP contribution in [-0.2, 0) is 6.54 Å². The van der Waals surface area contributed by atoms with Crippen LogP contribution in [0.15, 0.2) is 36.4 Å². The highest BCUT2D eigenvalue weighted by atomic mass is 35.5. The van der Waals surface area contributed by atoms with Gasteiger partial charge in [0.25, 0.3) is 0 Å². The van der Waals surface area contributed by atoms with Gasteiger partial charge in [-0.05, 0) is 41.5 Å². The number of hydrogen-bond acceptors (Lipinski definition) is 4. The molecule has 1 aliphatic carbocycles. The summed E-state index contributed by atoms with van der Waals surface area (Å²) in [6, 6.07) is 5.09. The van der Waals surface area contributed by atoms with E-state index < -0.39 is 5.60 Å². The fourth-order valence-electron chi connectivity index (χ4n) is 3.17. The van der Waals surface area contributed by atoms with Crippen molar-refractivity contribution in [2.75, 3.05) is 0 Å². The molecule has 5 nitrogen and oxygen atoms in total. The van der Waals surface area contributed by atoms with Crippen LogP contribution in [0.5, 0.6) is 5.75 Å². The quantitative estimate of drug-likeness (QED) is 0.904. The van der Waals surface area contributed by atoms with Gasteiger partial charge >= 0.3 is 0 Å². The first-order chi connectivity index (χ1) is 10.8. The molecule has 122 valence electrons. The zero-order valence-electron chi connectivity index (χ0n) is 13.2. The molecule has 1 fully saturated rings. The van der Waals surface area contributed by atoms with Crippen molar-refractivity contribution in [3.63, 3.8) is 0 Å². The number of hydrogen-bond donors (Lipinski definition) is 2. The van der Waals surface area contributed by atoms with Crippen molar-refractivity contribution in [2.24, 2.45) is 5.41 Å². The minimum Gasteiger partial charge on any atom is -0.506 e. The van der Waals surface area contributed by atoms with Gasteiger partial charge in [-0.2, -0.15) is 5.10 Å². The first kappa shape index (κ1) is 16.0. The standard InChI is InChI=1S/C17H20ClN3O2/c1-16(2)6-5-13(7-12-3-4-14(18)15(22)8-12)17(16,23)9-21-11-19-10-20-21/h3-4,7-8,10-11,22-23H,5-6,9H2,1-2H3/b13-7+. The normalized spacial score (nSPS) is 25.1. The monoisotopic (exact) mass is 333 g/mol. The van der Waals surface area contributed by atoms with Gasteiger partial charge in [-0.25, -0.2) is 9.67 Å². The number of aromatic nitrogens is 3. The van der Waals surface area contributed by atoms with Crippen molar-refractivity contribution in [1.82, 2.24) is 14.8 Å². The average molecular weight is 334 g/mol. The maximum absolute atomic E-state index is 11.4. The summed E-state index contributed by atoms with van der Waals surface area (Å²) in [5.74, 6) is 0.0399. The average Bonchev–Trinajstić information content (AvgIpc) is 3.06. The summed E-state index contributed by atoms with van der Waals surface area (Å²) in [7, 11) is 0. The molecule has 1 atom stereocenters. The summed E-state index contributed by atoms with van der Waals surface area (Å²) < 4.78 is 1.65. The van der Waals surface area contributed by atoms with E-state index in [9.17, 15) is 10.2 Å². The number of rotatable bonds is 3. The molecule has 23 heavy (non-hydrogen) atoms. The van der Waals surface area contributed by atoms with E-state index in [-0.39, 0.29) is 11.2 Å². The SMILES string of the molecule is CC1(C)CC/C(=C\c2ccc(Cl)c(O)c2)C1(O)Cn1cncn1. The molecule has 6 heteroatoms. The van der Waals surface area contributed by atoms with Crippen molar-refractivity contribution < 1.29 is 10.2 Å². The van der Waals surface area contributed by atoms with Gasteiger partial charge in [-0.15, -0.1) is 0 Å². The molecule has 0 amide bonds. The molecular weight excluding hydrogens is 314 g/mol.